The van der Waals surface area contributed by atoms with E-state index >= 15 is 0 Å². The van der Waals surface area contributed by atoms with Gasteiger partial charge in [0.1, 0.15) is 0 Å². The Bertz CT molecular complexity index is 703. The van der Waals surface area contributed by atoms with Gasteiger partial charge in [-0.2, -0.15) is 0 Å². The van der Waals surface area contributed by atoms with Crippen molar-refractivity contribution in [1.82, 2.24) is 10.2 Å². The molecular weight excluding hydrogens is 346 g/mol. The molecule has 2 aromatic rings. The van der Waals surface area contributed by atoms with Gasteiger partial charge in [0.15, 0.2) is 8.68 Å². The molecule has 1 aliphatic rings. The number of para-hydroxylation sites is 1. The predicted octanol–water partition coefficient (Wildman–Crippen LogP) is 4.11. The number of rotatable bonds is 5. The zero-order valence-corrected chi connectivity index (χ0v) is 15.8. The summed E-state index contributed by atoms with van der Waals surface area (Å²) in [6, 6.07) is 8.38. The molecule has 0 unspecified atom stereocenters. The highest BCUT2D eigenvalue weighted by atomic mass is 32.2. The van der Waals surface area contributed by atoms with Crippen molar-refractivity contribution >= 4 is 46.5 Å². The summed E-state index contributed by atoms with van der Waals surface area (Å²) < 4.78 is 1.83. The van der Waals surface area contributed by atoms with E-state index in [4.69, 9.17) is 0 Å². The second-order valence-corrected chi connectivity index (χ2v) is 9.49. The zero-order chi connectivity index (χ0) is 16.4. The molecule has 0 fully saturated rings. The topological polar surface area (TPSA) is 46.1 Å². The lowest BCUT2D eigenvalue weighted by Crippen LogP contribution is -2.40. The minimum atomic E-state index is -0.170. The van der Waals surface area contributed by atoms with Crippen LogP contribution in [0.4, 0.5) is 5.69 Å². The second kappa shape index (κ2) is 7.23. The van der Waals surface area contributed by atoms with E-state index in [1.54, 1.807) is 23.1 Å². The van der Waals surface area contributed by atoms with Gasteiger partial charge in [0.25, 0.3) is 0 Å². The maximum atomic E-state index is 12.9. The molecule has 0 bridgehead atoms. The summed E-state index contributed by atoms with van der Waals surface area (Å²) in [6.45, 7) is 6.15. The maximum Gasteiger partial charge on any atom is 0.240 e. The fourth-order valence-corrected chi connectivity index (χ4v) is 5.84. The lowest BCUT2D eigenvalue weighted by atomic mass is 10.1. The van der Waals surface area contributed by atoms with Gasteiger partial charge < -0.3 is 4.90 Å². The lowest BCUT2D eigenvalue weighted by molar-refractivity contribution is -0.118. The van der Waals surface area contributed by atoms with E-state index in [-0.39, 0.29) is 17.2 Å². The van der Waals surface area contributed by atoms with Crippen molar-refractivity contribution in [2.75, 3.05) is 10.7 Å². The summed E-state index contributed by atoms with van der Waals surface area (Å²) >= 11 is 4.75. The van der Waals surface area contributed by atoms with Gasteiger partial charge in [-0.05, 0) is 37.7 Å². The van der Waals surface area contributed by atoms with E-state index < -0.39 is 0 Å². The lowest BCUT2D eigenvalue weighted by Gasteiger charge is -2.25. The molecule has 0 saturated heterocycles. The number of fused-ring (bicyclic) bond motifs is 1. The number of aromatic nitrogens is 2. The molecule has 2 atom stereocenters. The minimum Gasteiger partial charge on any atom is -0.308 e. The molecule has 0 radical (unpaired) electrons. The van der Waals surface area contributed by atoms with Gasteiger partial charge in [0, 0.05) is 11.7 Å². The molecule has 1 amide bonds. The quantitative estimate of drug-likeness (QED) is 0.746. The van der Waals surface area contributed by atoms with Crippen molar-refractivity contribution in [2.45, 2.75) is 47.2 Å². The summed E-state index contributed by atoms with van der Waals surface area (Å²) in [5, 5.41) is 8.17. The van der Waals surface area contributed by atoms with E-state index in [9.17, 15) is 4.79 Å². The molecule has 122 valence electrons. The van der Waals surface area contributed by atoms with Crippen LogP contribution in [-0.4, -0.2) is 33.1 Å². The van der Waals surface area contributed by atoms with Gasteiger partial charge in [0.2, 0.25) is 5.91 Å². The van der Waals surface area contributed by atoms with Crippen molar-refractivity contribution in [1.29, 1.82) is 0 Å². The molecule has 7 heteroatoms. The van der Waals surface area contributed by atoms with E-state index in [2.05, 4.69) is 30.1 Å². The molecule has 23 heavy (non-hydrogen) atoms. The number of carbonyl (C=O) groups is 1. The SMILES string of the molecule is CCSc1nnc(S[C@@H](C)C(=O)N2c3ccccc3C[C@H]2C)s1. The Kier molecular flexibility index (Phi) is 5.28. The number of anilines is 1. The minimum absolute atomic E-state index is 0.146. The average Bonchev–Trinajstić information content (AvgIpc) is 3.10. The third-order valence-electron chi connectivity index (χ3n) is 3.73. The van der Waals surface area contributed by atoms with Gasteiger partial charge in [-0.15, -0.1) is 10.2 Å². The van der Waals surface area contributed by atoms with Crippen LogP contribution in [0.2, 0.25) is 0 Å². The molecule has 4 nitrogen and oxygen atoms in total. The number of thioether (sulfide) groups is 2. The van der Waals surface area contributed by atoms with Crippen molar-refractivity contribution in [2.24, 2.45) is 0 Å². The maximum absolute atomic E-state index is 12.9. The Morgan fingerprint density at radius 2 is 2.13 bits per heavy atom. The molecule has 1 aromatic heterocycles. The summed E-state index contributed by atoms with van der Waals surface area (Å²) in [6.07, 6.45) is 0.926. The fourth-order valence-electron chi connectivity index (χ4n) is 2.73. The fraction of sp³-hybridized carbons (Fsp3) is 0.438. The second-order valence-electron chi connectivity index (χ2n) is 5.42. The summed E-state index contributed by atoms with van der Waals surface area (Å²) in [4.78, 5) is 14.9. The highest BCUT2D eigenvalue weighted by Gasteiger charge is 2.33. The van der Waals surface area contributed by atoms with Crippen LogP contribution in [0.15, 0.2) is 32.9 Å². The van der Waals surface area contributed by atoms with Crippen molar-refractivity contribution in [3.63, 3.8) is 0 Å². The third-order valence-corrected chi connectivity index (χ3v) is 6.84. The Morgan fingerprint density at radius 3 is 2.91 bits per heavy atom. The number of hydrogen-bond acceptors (Lipinski definition) is 6. The number of benzene rings is 1. The Labute approximate surface area is 149 Å². The highest BCUT2D eigenvalue weighted by Crippen LogP contribution is 2.36. The normalized spacial score (nSPS) is 18.0. The van der Waals surface area contributed by atoms with E-state index in [0.29, 0.717) is 0 Å². The molecule has 0 saturated carbocycles. The number of hydrogen-bond donors (Lipinski definition) is 0. The first-order valence-corrected chi connectivity index (χ1v) is 10.3. The summed E-state index contributed by atoms with van der Waals surface area (Å²) in [5.41, 5.74) is 2.31. The molecule has 1 aliphatic heterocycles. The monoisotopic (exact) mass is 365 g/mol. The third kappa shape index (κ3) is 3.56. The summed E-state index contributed by atoms with van der Waals surface area (Å²) in [5.74, 6) is 1.13. The number of carbonyl (C=O) groups excluding carboxylic acids is 1. The standard InChI is InChI=1S/C16H19N3OS3/c1-4-21-15-17-18-16(23-15)22-11(3)14(20)19-10(2)9-12-7-5-6-8-13(12)19/h5-8,10-11H,4,9H2,1-3H3/t10-,11+/m1/s1. The first-order valence-electron chi connectivity index (χ1n) is 7.64. The molecule has 2 heterocycles. The van der Waals surface area contributed by atoms with Crippen molar-refractivity contribution in [3.8, 4) is 0 Å². The van der Waals surface area contributed by atoms with Crippen LogP contribution in [0.25, 0.3) is 0 Å². The van der Waals surface area contributed by atoms with Gasteiger partial charge in [0.05, 0.1) is 5.25 Å². The van der Waals surface area contributed by atoms with Crippen LogP contribution < -0.4 is 4.90 Å². The first kappa shape index (κ1) is 16.8. The highest BCUT2D eigenvalue weighted by molar-refractivity contribution is 8.03. The Balaban J connectivity index is 1.72. The van der Waals surface area contributed by atoms with E-state index in [1.165, 1.54) is 17.3 Å². The molecule has 3 rings (SSSR count). The first-order chi connectivity index (χ1) is 11.1. The largest absolute Gasteiger partial charge is 0.308 e. The number of amides is 1. The molecule has 1 aromatic carbocycles. The predicted molar refractivity (Wildman–Crippen MR) is 98.7 cm³/mol. The molecular formula is C16H19N3OS3. The van der Waals surface area contributed by atoms with Crippen LogP contribution in [0.3, 0.4) is 0 Å². The van der Waals surface area contributed by atoms with Crippen molar-refractivity contribution in [3.05, 3.63) is 29.8 Å². The van der Waals surface area contributed by atoms with E-state index in [0.717, 1.165) is 26.5 Å². The van der Waals surface area contributed by atoms with Crippen molar-refractivity contribution < 1.29 is 4.79 Å². The molecule has 0 aliphatic carbocycles. The van der Waals surface area contributed by atoms with Gasteiger partial charge in [-0.1, -0.05) is 60.0 Å². The van der Waals surface area contributed by atoms with Crippen LogP contribution in [-0.2, 0) is 11.2 Å². The van der Waals surface area contributed by atoms with Gasteiger partial charge in [-0.3, -0.25) is 4.79 Å². The van der Waals surface area contributed by atoms with Gasteiger partial charge >= 0.3 is 0 Å². The zero-order valence-electron chi connectivity index (χ0n) is 13.4. The molecule has 0 spiro atoms. The van der Waals surface area contributed by atoms with Crippen LogP contribution in [0.1, 0.15) is 26.3 Å². The Morgan fingerprint density at radius 1 is 1.39 bits per heavy atom. The summed E-state index contributed by atoms with van der Waals surface area (Å²) in [7, 11) is 0. The van der Waals surface area contributed by atoms with Crippen LogP contribution in [0.5, 0.6) is 0 Å². The van der Waals surface area contributed by atoms with Crippen LogP contribution >= 0.6 is 34.9 Å². The average molecular weight is 366 g/mol. The number of nitrogens with zero attached hydrogens (tertiary/aromatic N) is 3. The molecule has 0 N–H and O–H groups in total. The van der Waals surface area contributed by atoms with E-state index in [1.807, 2.05) is 30.0 Å². The smallest absolute Gasteiger partial charge is 0.240 e. The Hall–Kier alpha value is -1.05. The van der Waals surface area contributed by atoms with Gasteiger partial charge in [-0.25, -0.2) is 0 Å². The van der Waals surface area contributed by atoms with Crippen LogP contribution in [0, 0.1) is 0 Å².